The van der Waals surface area contributed by atoms with Crippen LogP contribution in [0, 0.1) is 0 Å². The molecule has 7 heteroatoms. The smallest absolute Gasteiger partial charge is 0.261 e. The zero-order chi connectivity index (χ0) is 24.8. The van der Waals surface area contributed by atoms with Crippen molar-refractivity contribution in [3.63, 3.8) is 0 Å². The summed E-state index contributed by atoms with van der Waals surface area (Å²) in [6.07, 6.45) is 4.71. The van der Waals surface area contributed by atoms with Gasteiger partial charge < -0.3 is 15.0 Å². The van der Waals surface area contributed by atoms with Gasteiger partial charge in [0.15, 0.2) is 6.61 Å². The van der Waals surface area contributed by atoms with Crippen LogP contribution in [0.3, 0.4) is 0 Å². The maximum absolute atomic E-state index is 13.5. The van der Waals surface area contributed by atoms with Gasteiger partial charge in [0.1, 0.15) is 11.8 Å². The van der Waals surface area contributed by atoms with E-state index in [4.69, 9.17) is 16.3 Å². The molecule has 0 bridgehead atoms. The molecule has 35 heavy (non-hydrogen) atoms. The highest BCUT2D eigenvalue weighted by Crippen LogP contribution is 2.33. The SMILES string of the molecule is CCC(C(=O)NC1CCCC1)N(Cc1ccccc1Cl)C(=O)COc1ccc2ccccc2c1Br. The summed E-state index contributed by atoms with van der Waals surface area (Å²) in [5.41, 5.74) is 0.793. The Labute approximate surface area is 219 Å². The standard InChI is InChI=1S/C28H30BrClN2O3/c1-2-24(28(34)31-21-11-5-6-12-21)32(17-20-10-4-8-14-23(20)30)26(33)18-35-25-16-15-19-9-3-7-13-22(19)27(25)29/h3-4,7-10,13-16,21,24H,2,5-6,11-12,17-18H2,1H3,(H,31,34). The van der Waals surface area contributed by atoms with Crippen molar-refractivity contribution in [2.75, 3.05) is 6.61 Å². The summed E-state index contributed by atoms with van der Waals surface area (Å²) in [5.74, 6) is 0.197. The Kier molecular flexibility index (Phi) is 8.69. The van der Waals surface area contributed by atoms with Gasteiger partial charge in [0.2, 0.25) is 5.91 Å². The Balaban J connectivity index is 1.54. The zero-order valence-corrected chi connectivity index (χ0v) is 22.1. The molecule has 3 aromatic rings. The van der Waals surface area contributed by atoms with Crippen LogP contribution in [0.2, 0.25) is 5.02 Å². The molecule has 1 N–H and O–H groups in total. The van der Waals surface area contributed by atoms with Gasteiger partial charge in [0.05, 0.1) is 4.47 Å². The molecule has 1 aliphatic rings. The Morgan fingerprint density at radius 3 is 2.54 bits per heavy atom. The Bertz CT molecular complexity index is 1200. The minimum Gasteiger partial charge on any atom is -0.483 e. The van der Waals surface area contributed by atoms with E-state index in [1.807, 2.05) is 61.5 Å². The average molecular weight is 558 g/mol. The largest absolute Gasteiger partial charge is 0.483 e. The molecule has 5 nitrogen and oxygen atoms in total. The number of halogens is 2. The first-order valence-electron chi connectivity index (χ1n) is 12.1. The molecule has 184 valence electrons. The summed E-state index contributed by atoms with van der Waals surface area (Å²) in [5, 5.41) is 5.80. The minimum atomic E-state index is -0.608. The van der Waals surface area contributed by atoms with Crippen LogP contribution in [0.15, 0.2) is 65.1 Å². The van der Waals surface area contributed by atoms with Crippen LogP contribution in [0.1, 0.15) is 44.6 Å². The number of nitrogens with one attached hydrogen (secondary N) is 1. The number of amides is 2. The van der Waals surface area contributed by atoms with Gasteiger partial charge in [0, 0.05) is 17.6 Å². The number of fused-ring (bicyclic) bond motifs is 1. The topological polar surface area (TPSA) is 58.6 Å². The normalized spacial score (nSPS) is 14.6. The third-order valence-corrected chi connectivity index (χ3v) is 7.75. The van der Waals surface area contributed by atoms with Crippen LogP contribution < -0.4 is 10.1 Å². The van der Waals surface area contributed by atoms with Crippen molar-refractivity contribution in [2.24, 2.45) is 0 Å². The van der Waals surface area contributed by atoms with Gasteiger partial charge in [-0.3, -0.25) is 9.59 Å². The van der Waals surface area contributed by atoms with Crippen molar-refractivity contribution in [2.45, 2.75) is 57.7 Å². The predicted molar refractivity (Wildman–Crippen MR) is 144 cm³/mol. The van der Waals surface area contributed by atoms with E-state index in [9.17, 15) is 9.59 Å². The number of rotatable bonds is 9. The van der Waals surface area contributed by atoms with E-state index >= 15 is 0 Å². The summed E-state index contributed by atoms with van der Waals surface area (Å²) >= 11 is 10.0. The molecular weight excluding hydrogens is 528 g/mol. The molecule has 0 saturated heterocycles. The van der Waals surface area contributed by atoms with E-state index in [-0.39, 0.29) is 31.0 Å². The highest BCUT2D eigenvalue weighted by atomic mass is 79.9. The molecule has 1 fully saturated rings. The van der Waals surface area contributed by atoms with Crippen LogP contribution in [0.5, 0.6) is 5.75 Å². The molecule has 1 unspecified atom stereocenters. The van der Waals surface area contributed by atoms with Crippen LogP contribution in [-0.4, -0.2) is 35.4 Å². The first-order chi connectivity index (χ1) is 17.0. The summed E-state index contributed by atoms with van der Waals surface area (Å²) in [6, 6.07) is 18.7. The fourth-order valence-electron chi connectivity index (χ4n) is 4.64. The fourth-order valence-corrected chi connectivity index (χ4v) is 5.45. The molecule has 0 spiro atoms. The Hall–Kier alpha value is -2.57. The molecule has 2 amide bonds. The van der Waals surface area contributed by atoms with Crippen molar-refractivity contribution in [1.29, 1.82) is 0 Å². The number of ether oxygens (including phenoxy) is 1. The van der Waals surface area contributed by atoms with Crippen LogP contribution in [0.25, 0.3) is 10.8 Å². The highest BCUT2D eigenvalue weighted by molar-refractivity contribution is 9.10. The summed E-state index contributed by atoms with van der Waals surface area (Å²) in [7, 11) is 0. The lowest BCUT2D eigenvalue weighted by atomic mass is 10.1. The predicted octanol–water partition coefficient (Wildman–Crippen LogP) is 6.50. The number of nitrogens with zero attached hydrogens (tertiary/aromatic N) is 1. The summed E-state index contributed by atoms with van der Waals surface area (Å²) in [4.78, 5) is 28.3. The van der Waals surface area contributed by atoms with Gasteiger partial charge in [-0.2, -0.15) is 0 Å². The molecule has 1 aliphatic carbocycles. The molecule has 0 aromatic heterocycles. The van der Waals surface area contributed by atoms with Crippen LogP contribution in [0.4, 0.5) is 0 Å². The van der Waals surface area contributed by atoms with E-state index in [2.05, 4.69) is 21.2 Å². The molecule has 0 aliphatic heterocycles. The number of hydrogen-bond acceptors (Lipinski definition) is 3. The number of benzene rings is 3. The highest BCUT2D eigenvalue weighted by Gasteiger charge is 2.31. The van der Waals surface area contributed by atoms with E-state index < -0.39 is 6.04 Å². The van der Waals surface area contributed by atoms with Crippen LogP contribution in [-0.2, 0) is 16.1 Å². The van der Waals surface area contributed by atoms with Crippen LogP contribution >= 0.6 is 27.5 Å². The average Bonchev–Trinajstić information content (AvgIpc) is 3.37. The first-order valence-corrected chi connectivity index (χ1v) is 13.3. The lowest BCUT2D eigenvalue weighted by Gasteiger charge is -2.31. The quantitative estimate of drug-likeness (QED) is 0.327. The Morgan fingerprint density at radius 2 is 1.80 bits per heavy atom. The van der Waals surface area contributed by atoms with Gasteiger partial charge in [-0.15, -0.1) is 0 Å². The summed E-state index contributed by atoms with van der Waals surface area (Å²) < 4.78 is 6.76. The summed E-state index contributed by atoms with van der Waals surface area (Å²) in [6.45, 7) is 1.97. The molecular formula is C28H30BrClN2O3. The van der Waals surface area contributed by atoms with Crippen molar-refractivity contribution in [1.82, 2.24) is 10.2 Å². The number of carbonyl (C=O) groups excluding carboxylic acids is 2. The molecule has 4 rings (SSSR count). The Morgan fingerprint density at radius 1 is 1.09 bits per heavy atom. The van der Waals surface area contributed by atoms with Crippen molar-refractivity contribution >= 4 is 50.1 Å². The third-order valence-electron chi connectivity index (χ3n) is 6.56. The van der Waals surface area contributed by atoms with Gasteiger partial charge in [-0.1, -0.05) is 79.9 Å². The molecule has 1 atom stereocenters. The fraction of sp³-hybridized carbons (Fsp3) is 0.357. The maximum atomic E-state index is 13.5. The van der Waals surface area contributed by atoms with Gasteiger partial charge in [-0.05, 0) is 63.7 Å². The second-order valence-electron chi connectivity index (χ2n) is 8.91. The van der Waals surface area contributed by atoms with E-state index in [1.165, 1.54) is 0 Å². The van der Waals surface area contributed by atoms with Crippen molar-refractivity contribution < 1.29 is 14.3 Å². The number of carbonyl (C=O) groups is 2. The molecule has 3 aromatic carbocycles. The number of hydrogen-bond donors (Lipinski definition) is 1. The maximum Gasteiger partial charge on any atom is 0.261 e. The molecule has 1 saturated carbocycles. The van der Waals surface area contributed by atoms with Crippen molar-refractivity contribution in [3.05, 3.63) is 75.7 Å². The third kappa shape index (κ3) is 6.17. The molecule has 0 radical (unpaired) electrons. The first kappa shape index (κ1) is 25.5. The second kappa shape index (κ2) is 11.9. The van der Waals surface area contributed by atoms with Gasteiger partial charge in [0.25, 0.3) is 5.91 Å². The van der Waals surface area contributed by atoms with Gasteiger partial charge in [-0.25, -0.2) is 0 Å². The van der Waals surface area contributed by atoms with Gasteiger partial charge >= 0.3 is 0 Å². The minimum absolute atomic E-state index is 0.119. The zero-order valence-electron chi connectivity index (χ0n) is 19.8. The monoisotopic (exact) mass is 556 g/mol. The lowest BCUT2D eigenvalue weighted by Crippen LogP contribution is -2.52. The van der Waals surface area contributed by atoms with Crippen molar-refractivity contribution in [3.8, 4) is 5.75 Å². The lowest BCUT2D eigenvalue weighted by molar-refractivity contribution is -0.143. The van der Waals surface area contributed by atoms with E-state index in [0.29, 0.717) is 17.2 Å². The molecule has 0 heterocycles. The van der Waals surface area contributed by atoms with E-state index in [1.54, 1.807) is 11.0 Å². The van der Waals surface area contributed by atoms with E-state index in [0.717, 1.165) is 46.5 Å². The second-order valence-corrected chi connectivity index (χ2v) is 10.1.